The summed E-state index contributed by atoms with van der Waals surface area (Å²) in [6.07, 6.45) is 3.13. The lowest BCUT2D eigenvalue weighted by molar-refractivity contribution is -0.142. The highest BCUT2D eigenvalue weighted by Gasteiger charge is 2.28. The van der Waals surface area contributed by atoms with Crippen molar-refractivity contribution in [1.82, 2.24) is 9.80 Å². The molecule has 6 nitrogen and oxygen atoms in total. The first kappa shape index (κ1) is 16.6. The smallest absolute Gasteiger partial charge is 0.410 e. The van der Waals surface area contributed by atoms with Crippen LogP contribution in [0.3, 0.4) is 0 Å². The Hall–Kier alpha value is -1.72. The highest BCUT2D eigenvalue weighted by molar-refractivity contribution is 5.74. The molecule has 22 heavy (non-hydrogen) atoms. The highest BCUT2D eigenvalue weighted by Crippen LogP contribution is 2.27. The quantitative estimate of drug-likeness (QED) is 0.728. The molecule has 1 amide bonds. The first-order valence-electron chi connectivity index (χ1n) is 8.18. The van der Waals surface area contributed by atoms with E-state index in [1.807, 2.05) is 0 Å². The van der Waals surface area contributed by atoms with Gasteiger partial charge in [-0.25, -0.2) is 4.79 Å². The van der Waals surface area contributed by atoms with E-state index in [-0.39, 0.29) is 18.5 Å². The number of hydrogen-bond acceptors (Lipinski definition) is 5. The van der Waals surface area contributed by atoms with Crippen molar-refractivity contribution >= 4 is 12.1 Å². The topological polar surface area (TPSA) is 59.1 Å². The molecule has 0 spiro atoms. The van der Waals surface area contributed by atoms with Gasteiger partial charge in [-0.3, -0.25) is 4.79 Å². The predicted octanol–water partition coefficient (Wildman–Crippen LogP) is 2.15. The summed E-state index contributed by atoms with van der Waals surface area (Å²) in [5.74, 6) is -0.222. The van der Waals surface area contributed by atoms with Gasteiger partial charge in [0.2, 0.25) is 0 Å². The number of amides is 1. The molecule has 0 unspecified atom stereocenters. The summed E-state index contributed by atoms with van der Waals surface area (Å²) in [4.78, 5) is 27.8. The second kappa shape index (κ2) is 8.06. The monoisotopic (exact) mass is 310 g/mol. The van der Waals surface area contributed by atoms with Gasteiger partial charge >= 0.3 is 12.1 Å². The molecule has 0 bridgehead atoms. The molecule has 2 rings (SSSR count). The zero-order chi connectivity index (χ0) is 15.9. The van der Waals surface area contributed by atoms with Crippen molar-refractivity contribution in [2.75, 3.05) is 39.4 Å². The van der Waals surface area contributed by atoms with Crippen molar-refractivity contribution in [2.24, 2.45) is 0 Å². The number of nitrogens with zero attached hydrogens (tertiary/aromatic N) is 2. The summed E-state index contributed by atoms with van der Waals surface area (Å²) >= 11 is 0. The van der Waals surface area contributed by atoms with Gasteiger partial charge in [-0.15, -0.1) is 0 Å². The van der Waals surface area contributed by atoms with Crippen molar-refractivity contribution in [2.45, 2.75) is 39.5 Å². The number of esters is 1. The zero-order valence-corrected chi connectivity index (χ0v) is 13.6. The number of carbonyl (C=O) groups is 2. The van der Waals surface area contributed by atoms with Crippen LogP contribution in [0.5, 0.6) is 0 Å². The number of likely N-dealkylation sites (tertiary alicyclic amines) is 1. The van der Waals surface area contributed by atoms with Crippen LogP contribution in [0, 0.1) is 0 Å². The van der Waals surface area contributed by atoms with Crippen LogP contribution in [0.2, 0.25) is 0 Å². The number of rotatable bonds is 5. The third-order valence-corrected chi connectivity index (χ3v) is 4.09. The van der Waals surface area contributed by atoms with Crippen molar-refractivity contribution < 1.29 is 19.1 Å². The third kappa shape index (κ3) is 4.15. The first-order valence-corrected chi connectivity index (χ1v) is 8.18. The fourth-order valence-corrected chi connectivity index (χ4v) is 3.10. The molecular formula is C16H26N2O4. The molecule has 0 aliphatic carbocycles. The van der Waals surface area contributed by atoms with Gasteiger partial charge in [0.25, 0.3) is 0 Å². The Labute approximate surface area is 132 Å². The Morgan fingerprint density at radius 2 is 1.73 bits per heavy atom. The van der Waals surface area contributed by atoms with E-state index in [1.165, 1.54) is 18.5 Å². The van der Waals surface area contributed by atoms with E-state index in [9.17, 15) is 9.59 Å². The van der Waals surface area contributed by atoms with Crippen LogP contribution in [0.25, 0.3) is 0 Å². The van der Waals surface area contributed by atoms with E-state index in [0.717, 1.165) is 25.1 Å². The molecule has 0 saturated carbocycles. The number of ether oxygens (including phenoxy) is 2. The van der Waals surface area contributed by atoms with Gasteiger partial charge in [-0.05, 0) is 32.3 Å². The van der Waals surface area contributed by atoms with Crippen LogP contribution in [0.4, 0.5) is 4.79 Å². The molecular weight excluding hydrogens is 284 g/mol. The Morgan fingerprint density at radius 1 is 1.05 bits per heavy atom. The molecule has 1 saturated heterocycles. The summed E-state index contributed by atoms with van der Waals surface area (Å²) in [6, 6.07) is 0. The second-order valence-electron chi connectivity index (χ2n) is 5.60. The van der Waals surface area contributed by atoms with Gasteiger partial charge < -0.3 is 19.3 Å². The molecule has 2 aliphatic rings. The summed E-state index contributed by atoms with van der Waals surface area (Å²) in [7, 11) is 0. The first-order chi connectivity index (χ1) is 10.7. The maximum Gasteiger partial charge on any atom is 0.410 e. The minimum Gasteiger partial charge on any atom is -0.466 e. The molecule has 0 atom stereocenters. The molecule has 1 fully saturated rings. The minimum atomic E-state index is -0.302. The van der Waals surface area contributed by atoms with Crippen LogP contribution in [-0.2, 0) is 14.3 Å². The highest BCUT2D eigenvalue weighted by atomic mass is 16.6. The lowest BCUT2D eigenvalue weighted by Gasteiger charge is -2.34. The molecule has 0 aromatic heterocycles. The molecule has 124 valence electrons. The fraction of sp³-hybridized carbons (Fsp3) is 0.750. The summed E-state index contributed by atoms with van der Waals surface area (Å²) in [6.45, 7) is 7.55. The van der Waals surface area contributed by atoms with Crippen molar-refractivity contribution in [3.63, 3.8) is 0 Å². The second-order valence-corrected chi connectivity index (χ2v) is 5.60. The van der Waals surface area contributed by atoms with E-state index < -0.39 is 0 Å². The SMILES string of the molecule is CCOC(=O)CC1=C(N2CCCC2)CCN(C(=O)OCC)C1. The largest absolute Gasteiger partial charge is 0.466 e. The van der Waals surface area contributed by atoms with Crippen LogP contribution >= 0.6 is 0 Å². The van der Waals surface area contributed by atoms with Crippen LogP contribution in [-0.4, -0.2) is 61.3 Å². The molecule has 6 heteroatoms. The lowest BCUT2D eigenvalue weighted by atomic mass is 10.0. The van der Waals surface area contributed by atoms with Crippen LogP contribution in [0.1, 0.15) is 39.5 Å². The summed E-state index contributed by atoms with van der Waals surface area (Å²) in [5.41, 5.74) is 2.23. The van der Waals surface area contributed by atoms with Gasteiger partial charge in [-0.1, -0.05) is 0 Å². The number of hydrogen-bond donors (Lipinski definition) is 0. The fourth-order valence-electron chi connectivity index (χ4n) is 3.10. The molecule has 0 radical (unpaired) electrons. The molecule has 0 N–H and O–H groups in total. The third-order valence-electron chi connectivity index (χ3n) is 4.09. The standard InChI is InChI=1S/C16H26N2O4/c1-3-21-15(19)11-13-12-18(16(20)22-4-2)10-7-14(13)17-8-5-6-9-17/h3-12H2,1-2H3. The molecule has 0 aromatic carbocycles. The summed E-state index contributed by atoms with van der Waals surface area (Å²) < 4.78 is 10.2. The van der Waals surface area contributed by atoms with E-state index in [2.05, 4.69) is 4.90 Å². The van der Waals surface area contributed by atoms with Crippen LogP contribution < -0.4 is 0 Å². The van der Waals surface area contributed by atoms with Crippen molar-refractivity contribution in [3.8, 4) is 0 Å². The van der Waals surface area contributed by atoms with Gasteiger partial charge in [0, 0.05) is 38.3 Å². The van der Waals surface area contributed by atoms with Crippen molar-refractivity contribution in [3.05, 3.63) is 11.3 Å². The lowest BCUT2D eigenvalue weighted by Crippen LogP contribution is -2.40. The van der Waals surface area contributed by atoms with Crippen LogP contribution in [0.15, 0.2) is 11.3 Å². The average Bonchev–Trinajstić information content (AvgIpc) is 3.01. The molecule has 2 heterocycles. The predicted molar refractivity (Wildman–Crippen MR) is 82.3 cm³/mol. The van der Waals surface area contributed by atoms with Gasteiger partial charge in [0.05, 0.1) is 19.6 Å². The Morgan fingerprint density at radius 3 is 2.36 bits per heavy atom. The summed E-state index contributed by atoms with van der Waals surface area (Å²) in [5, 5.41) is 0. The van der Waals surface area contributed by atoms with Crippen molar-refractivity contribution in [1.29, 1.82) is 0 Å². The molecule has 0 aromatic rings. The zero-order valence-electron chi connectivity index (χ0n) is 13.6. The Bertz CT molecular complexity index is 441. The Balaban J connectivity index is 2.11. The van der Waals surface area contributed by atoms with E-state index in [1.54, 1.807) is 18.7 Å². The van der Waals surface area contributed by atoms with E-state index in [4.69, 9.17) is 9.47 Å². The average molecular weight is 310 g/mol. The maximum atomic E-state index is 11.9. The minimum absolute atomic E-state index is 0.222. The van der Waals surface area contributed by atoms with Gasteiger partial charge in [-0.2, -0.15) is 0 Å². The maximum absolute atomic E-state index is 11.9. The van der Waals surface area contributed by atoms with E-state index >= 15 is 0 Å². The normalized spacial score (nSPS) is 18.6. The Kier molecular flexibility index (Phi) is 6.10. The molecule has 2 aliphatic heterocycles. The van der Waals surface area contributed by atoms with Gasteiger partial charge in [0.1, 0.15) is 0 Å². The van der Waals surface area contributed by atoms with Gasteiger partial charge in [0.15, 0.2) is 0 Å². The van der Waals surface area contributed by atoms with E-state index in [0.29, 0.717) is 26.3 Å². The number of carbonyl (C=O) groups excluding carboxylic acids is 2.